The van der Waals surface area contributed by atoms with Gasteiger partial charge in [-0.15, -0.1) is 0 Å². The highest BCUT2D eigenvalue weighted by atomic mass is 35.5. The smallest absolute Gasteiger partial charge is 0.273 e. The highest BCUT2D eigenvalue weighted by Gasteiger charge is 2.30. The molecule has 8 heteroatoms. The molecule has 2 aromatic heterocycles. The normalized spacial score (nSPS) is 17.9. The van der Waals surface area contributed by atoms with E-state index >= 15 is 0 Å². The van der Waals surface area contributed by atoms with Gasteiger partial charge >= 0.3 is 0 Å². The summed E-state index contributed by atoms with van der Waals surface area (Å²) in [5.41, 5.74) is 1.16. The van der Waals surface area contributed by atoms with Crippen LogP contribution in [-0.2, 0) is 13.6 Å². The van der Waals surface area contributed by atoms with Gasteiger partial charge in [0, 0.05) is 51.5 Å². The van der Waals surface area contributed by atoms with Crippen molar-refractivity contribution in [3.63, 3.8) is 0 Å². The molecule has 1 fully saturated rings. The molecule has 1 amide bonds. The van der Waals surface area contributed by atoms with Gasteiger partial charge in [0.25, 0.3) is 5.91 Å². The van der Waals surface area contributed by atoms with E-state index < -0.39 is 0 Å². The number of piperidine rings is 1. The molecular weight excluding hydrogens is 352 g/mol. The van der Waals surface area contributed by atoms with E-state index in [1.165, 1.54) is 0 Å². The summed E-state index contributed by atoms with van der Waals surface area (Å²) in [6.45, 7) is 5.09. The molecule has 0 aromatic carbocycles. The number of hydrogen-bond acceptors (Lipinski definition) is 4. The predicted molar refractivity (Wildman–Crippen MR) is 102 cm³/mol. The van der Waals surface area contributed by atoms with Gasteiger partial charge in [0.05, 0.1) is 10.7 Å². The number of aromatic nitrogens is 4. The Kier molecular flexibility index (Phi) is 5.67. The fourth-order valence-electron chi connectivity index (χ4n) is 3.56. The van der Waals surface area contributed by atoms with E-state index in [-0.39, 0.29) is 11.8 Å². The molecule has 26 heavy (non-hydrogen) atoms. The van der Waals surface area contributed by atoms with Gasteiger partial charge in [-0.2, -0.15) is 5.10 Å². The summed E-state index contributed by atoms with van der Waals surface area (Å²) in [4.78, 5) is 21.7. The largest absolute Gasteiger partial charge is 0.337 e. The summed E-state index contributed by atoms with van der Waals surface area (Å²) in [5, 5.41) is 4.72. The first-order chi connectivity index (χ1) is 12.4. The van der Waals surface area contributed by atoms with Crippen LogP contribution < -0.4 is 0 Å². The van der Waals surface area contributed by atoms with E-state index in [4.69, 9.17) is 11.6 Å². The van der Waals surface area contributed by atoms with E-state index in [0.717, 1.165) is 38.3 Å². The van der Waals surface area contributed by atoms with Gasteiger partial charge in [-0.05, 0) is 33.9 Å². The lowest BCUT2D eigenvalue weighted by atomic mass is 9.96. The van der Waals surface area contributed by atoms with Gasteiger partial charge in [-0.1, -0.05) is 11.6 Å². The molecule has 0 N–H and O–H groups in total. The molecule has 0 saturated carbocycles. The molecule has 0 bridgehead atoms. The van der Waals surface area contributed by atoms with Gasteiger partial charge < -0.3 is 14.4 Å². The highest BCUT2D eigenvalue weighted by molar-refractivity contribution is 6.34. The number of carbonyl (C=O) groups is 1. The summed E-state index contributed by atoms with van der Waals surface area (Å²) in [7, 11) is 5.90. The van der Waals surface area contributed by atoms with E-state index in [9.17, 15) is 4.79 Å². The van der Waals surface area contributed by atoms with Crippen LogP contribution in [0.1, 0.15) is 40.8 Å². The van der Waals surface area contributed by atoms with Crippen molar-refractivity contribution in [1.82, 2.24) is 29.1 Å². The number of rotatable bonds is 5. The van der Waals surface area contributed by atoms with Crippen molar-refractivity contribution in [3.05, 3.63) is 34.6 Å². The Morgan fingerprint density at radius 1 is 1.42 bits per heavy atom. The van der Waals surface area contributed by atoms with Crippen LogP contribution in [0.4, 0.5) is 0 Å². The zero-order valence-electron chi connectivity index (χ0n) is 15.9. The predicted octanol–water partition coefficient (Wildman–Crippen LogP) is 2.16. The summed E-state index contributed by atoms with van der Waals surface area (Å²) >= 11 is 6.31. The van der Waals surface area contributed by atoms with Crippen LogP contribution in [-0.4, -0.2) is 68.8 Å². The Labute approximate surface area is 159 Å². The Morgan fingerprint density at radius 3 is 2.85 bits per heavy atom. The zero-order chi connectivity index (χ0) is 18.8. The van der Waals surface area contributed by atoms with Crippen molar-refractivity contribution in [2.45, 2.75) is 32.2 Å². The van der Waals surface area contributed by atoms with Crippen molar-refractivity contribution in [3.8, 4) is 0 Å². The second-order valence-electron chi connectivity index (χ2n) is 7.24. The Bertz CT molecular complexity index is 781. The minimum Gasteiger partial charge on any atom is -0.337 e. The Balaban J connectivity index is 1.76. The lowest BCUT2D eigenvalue weighted by Crippen LogP contribution is -2.40. The van der Waals surface area contributed by atoms with Crippen molar-refractivity contribution in [1.29, 1.82) is 0 Å². The van der Waals surface area contributed by atoms with Crippen LogP contribution in [0.25, 0.3) is 0 Å². The fourth-order valence-corrected chi connectivity index (χ4v) is 3.81. The van der Waals surface area contributed by atoms with Crippen molar-refractivity contribution >= 4 is 17.5 Å². The Morgan fingerprint density at radius 2 is 2.19 bits per heavy atom. The fraction of sp³-hybridized carbons (Fsp3) is 0.611. The number of likely N-dealkylation sites (tertiary alicyclic amines) is 1. The molecule has 0 unspecified atom stereocenters. The monoisotopic (exact) mass is 378 g/mol. The first kappa shape index (κ1) is 18.9. The maximum absolute atomic E-state index is 13.0. The maximum atomic E-state index is 13.0. The van der Waals surface area contributed by atoms with Gasteiger partial charge in [0.15, 0.2) is 0 Å². The molecule has 0 aliphatic carbocycles. The minimum absolute atomic E-state index is 0.0470. The van der Waals surface area contributed by atoms with E-state index in [1.54, 1.807) is 11.7 Å². The van der Waals surface area contributed by atoms with Gasteiger partial charge in [0.2, 0.25) is 0 Å². The van der Waals surface area contributed by atoms with Crippen LogP contribution >= 0.6 is 11.6 Å². The molecule has 3 heterocycles. The van der Waals surface area contributed by atoms with Crippen molar-refractivity contribution in [2.24, 2.45) is 7.05 Å². The molecule has 0 spiro atoms. The molecule has 7 nitrogen and oxygen atoms in total. The first-order valence-corrected chi connectivity index (χ1v) is 9.40. The molecule has 1 aliphatic heterocycles. The highest BCUT2D eigenvalue weighted by Crippen LogP contribution is 2.28. The number of amides is 1. The van der Waals surface area contributed by atoms with Crippen LogP contribution in [0.5, 0.6) is 0 Å². The average Bonchev–Trinajstić information content (AvgIpc) is 3.17. The summed E-state index contributed by atoms with van der Waals surface area (Å²) < 4.78 is 3.79. The third-order valence-electron chi connectivity index (χ3n) is 4.96. The maximum Gasteiger partial charge on any atom is 0.273 e. The van der Waals surface area contributed by atoms with E-state index in [0.29, 0.717) is 23.0 Å². The van der Waals surface area contributed by atoms with E-state index in [1.807, 2.05) is 24.2 Å². The van der Waals surface area contributed by atoms with Gasteiger partial charge in [0.1, 0.15) is 11.5 Å². The third-order valence-corrected chi connectivity index (χ3v) is 5.41. The molecule has 1 saturated heterocycles. The number of carbonyl (C=O) groups excluding carboxylic acids is 1. The quantitative estimate of drug-likeness (QED) is 0.800. The topological polar surface area (TPSA) is 59.2 Å². The third kappa shape index (κ3) is 3.78. The lowest BCUT2D eigenvalue weighted by molar-refractivity contribution is 0.0692. The second-order valence-corrected chi connectivity index (χ2v) is 7.62. The SMILES string of the molecule is Cc1nn(C)c(C(=O)N2CCC[C@H](c3nccn3CCN(C)C)C2)c1Cl. The molecule has 1 atom stereocenters. The molecule has 2 aromatic rings. The standard InChI is InChI=1S/C18H27ClN6O/c1-13-15(19)16(23(4)21-13)18(26)25-8-5-6-14(12-25)17-20-7-9-24(17)11-10-22(2)3/h7,9,14H,5-6,8,10-12H2,1-4H3/t14-/m0/s1. The van der Waals surface area contributed by atoms with Crippen LogP contribution in [0, 0.1) is 6.92 Å². The second kappa shape index (κ2) is 7.80. The van der Waals surface area contributed by atoms with Gasteiger partial charge in [-0.3, -0.25) is 9.48 Å². The van der Waals surface area contributed by atoms with Crippen LogP contribution in [0.3, 0.4) is 0 Å². The van der Waals surface area contributed by atoms with Crippen LogP contribution in [0.2, 0.25) is 5.02 Å². The summed E-state index contributed by atoms with van der Waals surface area (Å²) in [5.74, 6) is 1.27. The van der Waals surface area contributed by atoms with Crippen molar-refractivity contribution in [2.75, 3.05) is 33.7 Å². The summed E-state index contributed by atoms with van der Waals surface area (Å²) in [6.07, 6.45) is 5.89. The number of likely N-dealkylation sites (N-methyl/N-ethyl adjacent to an activating group) is 1. The number of imidazole rings is 1. The first-order valence-electron chi connectivity index (χ1n) is 9.02. The molecule has 1 aliphatic rings. The number of hydrogen-bond donors (Lipinski definition) is 0. The number of nitrogens with zero attached hydrogens (tertiary/aromatic N) is 6. The Hall–Kier alpha value is -1.86. The van der Waals surface area contributed by atoms with E-state index in [2.05, 4.69) is 33.6 Å². The summed E-state index contributed by atoms with van der Waals surface area (Å²) in [6, 6.07) is 0. The zero-order valence-corrected chi connectivity index (χ0v) is 16.7. The molecular formula is C18H27ClN6O. The number of aryl methyl sites for hydroxylation is 2. The van der Waals surface area contributed by atoms with Crippen molar-refractivity contribution < 1.29 is 4.79 Å². The molecule has 142 valence electrons. The minimum atomic E-state index is -0.0470. The molecule has 0 radical (unpaired) electrons. The average molecular weight is 379 g/mol. The molecule has 3 rings (SSSR count). The van der Waals surface area contributed by atoms with Crippen LogP contribution in [0.15, 0.2) is 12.4 Å². The lowest BCUT2D eigenvalue weighted by Gasteiger charge is -2.32. The van der Waals surface area contributed by atoms with Gasteiger partial charge in [-0.25, -0.2) is 4.98 Å². The number of halogens is 1.